The van der Waals surface area contributed by atoms with Crippen LogP contribution in [0.5, 0.6) is 0 Å². The summed E-state index contributed by atoms with van der Waals surface area (Å²) in [4.78, 5) is 43.9. The number of carbonyl (C=O) groups excluding carboxylic acids is 3. The number of halogens is 3. The molecule has 1 saturated heterocycles. The van der Waals surface area contributed by atoms with Crippen LogP contribution >= 0.6 is 0 Å². The summed E-state index contributed by atoms with van der Waals surface area (Å²) in [6.45, 7) is 11.1. The lowest BCUT2D eigenvalue weighted by molar-refractivity contribution is -0.141. The van der Waals surface area contributed by atoms with Crippen LogP contribution in [0.1, 0.15) is 51.8 Å². The summed E-state index contributed by atoms with van der Waals surface area (Å²) in [6.07, 6.45) is -4.69. The summed E-state index contributed by atoms with van der Waals surface area (Å²) in [5.74, 6) is -0.786. The van der Waals surface area contributed by atoms with Gasteiger partial charge in [0.15, 0.2) is 0 Å². The molecule has 2 heterocycles. The van der Waals surface area contributed by atoms with Gasteiger partial charge in [0.1, 0.15) is 0 Å². The zero-order chi connectivity index (χ0) is 28.3. The van der Waals surface area contributed by atoms with E-state index in [1.54, 1.807) is 18.7 Å². The number of piperazine rings is 1. The zero-order valence-electron chi connectivity index (χ0n) is 22.4. The molecule has 2 aliphatic rings. The zero-order valence-corrected chi connectivity index (χ0v) is 22.4. The number of rotatable bonds is 6. The molecule has 9 nitrogen and oxygen atoms in total. The van der Waals surface area contributed by atoms with Gasteiger partial charge in [0.05, 0.1) is 23.8 Å². The molecule has 4 amide bonds. The van der Waals surface area contributed by atoms with E-state index in [-0.39, 0.29) is 42.4 Å². The number of amides is 4. The van der Waals surface area contributed by atoms with E-state index >= 15 is 0 Å². The second-order valence-electron chi connectivity index (χ2n) is 10.2. The number of urea groups is 2. The summed E-state index contributed by atoms with van der Waals surface area (Å²) >= 11 is 0. The van der Waals surface area contributed by atoms with Gasteiger partial charge in [0, 0.05) is 50.5 Å². The van der Waals surface area contributed by atoms with Crippen molar-refractivity contribution >= 4 is 18.0 Å². The Kier molecular flexibility index (Phi) is 8.96. The van der Waals surface area contributed by atoms with Crippen molar-refractivity contribution < 1.29 is 32.3 Å². The lowest BCUT2D eigenvalue weighted by atomic mass is 9.90. The van der Waals surface area contributed by atoms with Crippen LogP contribution in [0, 0.1) is 0 Å². The maximum Gasteiger partial charge on any atom is 0.416 e. The number of ether oxygens (including phenoxy) is 1. The van der Waals surface area contributed by atoms with Crippen LogP contribution in [-0.2, 0) is 15.7 Å². The minimum Gasteiger partial charge on any atom is -0.463 e. The molecule has 0 aromatic heterocycles. The molecule has 2 aliphatic heterocycles. The van der Waals surface area contributed by atoms with Crippen molar-refractivity contribution in [2.45, 2.75) is 52.4 Å². The van der Waals surface area contributed by atoms with Crippen molar-refractivity contribution in [1.29, 1.82) is 0 Å². The van der Waals surface area contributed by atoms with E-state index < -0.39 is 29.8 Å². The summed E-state index contributed by atoms with van der Waals surface area (Å²) in [5.41, 5.74) is -1.28. The Morgan fingerprint density at radius 1 is 1.08 bits per heavy atom. The first kappa shape index (κ1) is 29.3. The number of alkyl halides is 3. The third-order valence-corrected chi connectivity index (χ3v) is 6.34. The summed E-state index contributed by atoms with van der Waals surface area (Å²) in [5, 5.41) is 5.52. The Labute approximate surface area is 221 Å². The highest BCUT2D eigenvalue weighted by Gasteiger charge is 2.43. The monoisotopic (exact) mass is 539 g/mol. The molecule has 2 N–H and O–H groups in total. The maximum atomic E-state index is 13.9. The minimum atomic E-state index is -4.69. The third-order valence-electron chi connectivity index (χ3n) is 6.34. The second-order valence-corrected chi connectivity index (χ2v) is 10.2. The normalized spacial score (nSPS) is 19.4. The number of benzene rings is 1. The van der Waals surface area contributed by atoms with Gasteiger partial charge in [-0.1, -0.05) is 18.2 Å². The van der Waals surface area contributed by atoms with E-state index in [0.29, 0.717) is 31.9 Å². The molecule has 0 saturated carbocycles. The smallest absolute Gasteiger partial charge is 0.416 e. The van der Waals surface area contributed by atoms with E-state index in [0.717, 1.165) is 6.07 Å². The van der Waals surface area contributed by atoms with Gasteiger partial charge in [-0.15, -0.1) is 0 Å². The van der Waals surface area contributed by atoms with Crippen molar-refractivity contribution in [3.63, 3.8) is 0 Å². The average Bonchev–Trinajstić information content (AvgIpc) is 2.83. The van der Waals surface area contributed by atoms with Crippen LogP contribution in [0.3, 0.4) is 0 Å². The van der Waals surface area contributed by atoms with Gasteiger partial charge < -0.3 is 20.3 Å². The molecular formula is C26H36F3N5O4. The largest absolute Gasteiger partial charge is 0.463 e. The highest BCUT2D eigenvalue weighted by atomic mass is 19.4. The van der Waals surface area contributed by atoms with Crippen molar-refractivity contribution in [3.05, 3.63) is 46.7 Å². The molecular weight excluding hydrogens is 503 g/mol. The summed E-state index contributed by atoms with van der Waals surface area (Å²) in [7, 11) is 0. The van der Waals surface area contributed by atoms with E-state index in [1.807, 2.05) is 25.7 Å². The fraction of sp³-hybridized carbons (Fsp3) is 0.577. The predicted molar refractivity (Wildman–Crippen MR) is 135 cm³/mol. The van der Waals surface area contributed by atoms with Crippen LogP contribution in [0.4, 0.5) is 22.8 Å². The van der Waals surface area contributed by atoms with E-state index in [9.17, 15) is 27.6 Å². The Morgan fingerprint density at radius 3 is 2.26 bits per heavy atom. The molecule has 1 fully saturated rings. The van der Waals surface area contributed by atoms with Crippen molar-refractivity contribution in [1.82, 2.24) is 25.3 Å². The lowest BCUT2D eigenvalue weighted by Crippen LogP contribution is -2.56. The van der Waals surface area contributed by atoms with Crippen LogP contribution < -0.4 is 10.6 Å². The first-order valence-electron chi connectivity index (χ1n) is 12.7. The highest BCUT2D eigenvalue weighted by Crippen LogP contribution is 2.39. The molecule has 1 aromatic carbocycles. The number of hydrogen-bond donors (Lipinski definition) is 2. The Bertz CT molecular complexity index is 1080. The lowest BCUT2D eigenvalue weighted by Gasteiger charge is -2.41. The van der Waals surface area contributed by atoms with E-state index in [2.05, 4.69) is 10.6 Å². The summed E-state index contributed by atoms with van der Waals surface area (Å²) < 4.78 is 46.9. The minimum absolute atomic E-state index is 0.0187. The number of esters is 1. The molecule has 12 heteroatoms. The van der Waals surface area contributed by atoms with Gasteiger partial charge in [0.25, 0.3) is 0 Å². The topological polar surface area (TPSA) is 94.2 Å². The Hall–Kier alpha value is -3.28. The first-order chi connectivity index (χ1) is 17.8. The third kappa shape index (κ3) is 6.77. The standard InChI is InChI=1S/C26H36F3N5O4/c1-6-34-19(16-32-12-14-33(15-13-32)24(37)31-25(3,4)5)20(22(35)38-7-2)21(30-23(34)36)17-10-8-9-11-18(17)26(27,28)29/h8-11,21H,6-7,12-16H2,1-5H3,(H,30,36)(H,31,37)/t21-/m1/s1. The van der Waals surface area contributed by atoms with Gasteiger partial charge in [-0.3, -0.25) is 9.80 Å². The Balaban J connectivity index is 1.98. The van der Waals surface area contributed by atoms with Gasteiger partial charge in [-0.05, 0) is 46.2 Å². The predicted octanol–water partition coefficient (Wildman–Crippen LogP) is 3.73. The van der Waals surface area contributed by atoms with Crippen LogP contribution in [0.25, 0.3) is 0 Å². The van der Waals surface area contributed by atoms with Gasteiger partial charge in [-0.25, -0.2) is 14.4 Å². The molecule has 3 rings (SSSR count). The number of nitrogens with one attached hydrogen (secondary N) is 2. The van der Waals surface area contributed by atoms with Gasteiger partial charge in [-0.2, -0.15) is 13.2 Å². The van der Waals surface area contributed by atoms with Crippen LogP contribution in [0.15, 0.2) is 35.5 Å². The molecule has 1 atom stereocenters. The van der Waals surface area contributed by atoms with Crippen molar-refractivity contribution in [2.24, 2.45) is 0 Å². The molecule has 38 heavy (non-hydrogen) atoms. The fourth-order valence-corrected chi connectivity index (χ4v) is 4.62. The molecule has 0 bridgehead atoms. The van der Waals surface area contributed by atoms with E-state index in [4.69, 9.17) is 4.74 Å². The van der Waals surface area contributed by atoms with Gasteiger partial charge in [0.2, 0.25) is 0 Å². The average molecular weight is 540 g/mol. The molecule has 1 aromatic rings. The quantitative estimate of drug-likeness (QED) is 0.538. The number of carbonyl (C=O) groups is 3. The van der Waals surface area contributed by atoms with Crippen molar-refractivity contribution in [3.8, 4) is 0 Å². The molecule has 0 aliphatic carbocycles. The van der Waals surface area contributed by atoms with Crippen LogP contribution in [0.2, 0.25) is 0 Å². The SMILES string of the molecule is CCOC(=O)C1=C(CN2CCN(C(=O)NC(C)(C)C)CC2)N(CC)C(=O)N[C@@H]1c1ccccc1C(F)(F)F. The fourth-order valence-electron chi connectivity index (χ4n) is 4.62. The molecule has 0 radical (unpaired) electrons. The van der Waals surface area contributed by atoms with Gasteiger partial charge >= 0.3 is 24.2 Å². The molecule has 210 valence electrons. The number of nitrogens with zero attached hydrogens (tertiary/aromatic N) is 3. The first-order valence-corrected chi connectivity index (χ1v) is 12.7. The maximum absolute atomic E-state index is 13.9. The Morgan fingerprint density at radius 2 is 1.71 bits per heavy atom. The highest BCUT2D eigenvalue weighted by molar-refractivity contribution is 5.95. The summed E-state index contributed by atoms with van der Waals surface area (Å²) in [6, 6.07) is 2.78. The van der Waals surface area contributed by atoms with Crippen molar-refractivity contribution in [2.75, 3.05) is 45.9 Å². The number of likely N-dealkylation sites (N-methyl/N-ethyl adjacent to an activating group) is 1. The van der Waals surface area contributed by atoms with E-state index in [1.165, 1.54) is 23.1 Å². The van der Waals surface area contributed by atoms with Crippen LogP contribution in [-0.4, -0.2) is 84.1 Å². The number of hydrogen-bond acceptors (Lipinski definition) is 5. The second kappa shape index (κ2) is 11.6. The molecule has 0 spiro atoms. The molecule has 0 unspecified atom stereocenters.